The number of hydrogen-bond donors (Lipinski definition) is 1. The summed E-state index contributed by atoms with van der Waals surface area (Å²) >= 11 is 0. The Kier molecular flexibility index (Phi) is 7.59. The van der Waals surface area contributed by atoms with Crippen LogP contribution in [0.25, 0.3) is 0 Å². The lowest BCUT2D eigenvalue weighted by Crippen LogP contribution is -2.45. The molecule has 2 aliphatic rings. The zero-order valence-electron chi connectivity index (χ0n) is 16.0. The first-order chi connectivity index (χ1) is 12.1. The fraction of sp³-hybridized carbons (Fsp3) is 0.650. The summed E-state index contributed by atoms with van der Waals surface area (Å²) in [5.74, 6) is 2.07. The van der Waals surface area contributed by atoms with E-state index in [0.29, 0.717) is 31.7 Å². The van der Waals surface area contributed by atoms with Crippen LogP contribution < -0.4 is 14.8 Å². The van der Waals surface area contributed by atoms with E-state index in [2.05, 4.69) is 24.4 Å². The second-order valence-corrected chi connectivity index (χ2v) is 7.02. The van der Waals surface area contributed by atoms with Crippen molar-refractivity contribution < 1.29 is 14.3 Å². The minimum absolute atomic E-state index is 0. The summed E-state index contributed by atoms with van der Waals surface area (Å²) in [6.45, 7) is 9.76. The smallest absolute Gasteiger partial charge is 0.226 e. The first-order valence-electron chi connectivity index (χ1n) is 9.55. The number of fused-ring (bicyclic) bond motifs is 1. The summed E-state index contributed by atoms with van der Waals surface area (Å²) in [6, 6.07) is 4.59. The van der Waals surface area contributed by atoms with Gasteiger partial charge >= 0.3 is 0 Å². The van der Waals surface area contributed by atoms with Crippen molar-refractivity contribution in [3.63, 3.8) is 0 Å². The molecule has 2 atom stereocenters. The van der Waals surface area contributed by atoms with Crippen molar-refractivity contribution in [2.45, 2.75) is 52.6 Å². The average molecular weight is 383 g/mol. The molecule has 2 aliphatic heterocycles. The third-order valence-electron chi connectivity index (χ3n) is 5.16. The van der Waals surface area contributed by atoms with Gasteiger partial charge in [0.25, 0.3) is 0 Å². The van der Waals surface area contributed by atoms with E-state index in [9.17, 15) is 4.79 Å². The molecule has 3 rings (SSSR count). The molecule has 6 heteroatoms. The Morgan fingerprint density at radius 3 is 2.46 bits per heavy atom. The van der Waals surface area contributed by atoms with Crippen LogP contribution in [0.3, 0.4) is 0 Å². The SMILES string of the molecule is CCOc1cc2c(cc1OCC)CN(C(=O)[C@H]1CCN[C@@H](C)C1)CC2.Cl. The van der Waals surface area contributed by atoms with Gasteiger partial charge in [-0.3, -0.25) is 4.79 Å². The van der Waals surface area contributed by atoms with Crippen molar-refractivity contribution in [1.82, 2.24) is 10.2 Å². The Balaban J connectivity index is 0.00000243. The van der Waals surface area contributed by atoms with Crippen molar-refractivity contribution in [3.05, 3.63) is 23.3 Å². The number of nitrogens with zero attached hydrogens (tertiary/aromatic N) is 1. The Labute approximate surface area is 162 Å². The summed E-state index contributed by atoms with van der Waals surface area (Å²) in [4.78, 5) is 15.0. The highest BCUT2D eigenvalue weighted by Gasteiger charge is 2.30. The maximum absolute atomic E-state index is 12.9. The number of carbonyl (C=O) groups is 1. The molecular weight excluding hydrogens is 352 g/mol. The number of piperidine rings is 1. The van der Waals surface area contributed by atoms with Crippen LogP contribution in [0.1, 0.15) is 44.7 Å². The summed E-state index contributed by atoms with van der Waals surface area (Å²) in [5, 5.41) is 3.42. The van der Waals surface area contributed by atoms with Crippen LogP contribution in [-0.2, 0) is 17.8 Å². The lowest BCUT2D eigenvalue weighted by Gasteiger charge is -2.35. The molecule has 0 bridgehead atoms. The molecule has 26 heavy (non-hydrogen) atoms. The van der Waals surface area contributed by atoms with Gasteiger partial charge in [-0.05, 0) is 69.8 Å². The van der Waals surface area contributed by atoms with Gasteiger partial charge in [-0.15, -0.1) is 12.4 Å². The third kappa shape index (κ3) is 4.63. The predicted octanol–water partition coefficient (Wildman–Crippen LogP) is 3.18. The van der Waals surface area contributed by atoms with Gasteiger partial charge in [0.05, 0.1) is 13.2 Å². The highest BCUT2D eigenvalue weighted by atomic mass is 35.5. The number of hydrogen-bond acceptors (Lipinski definition) is 4. The second-order valence-electron chi connectivity index (χ2n) is 7.02. The monoisotopic (exact) mass is 382 g/mol. The first kappa shape index (κ1) is 20.8. The molecule has 1 aromatic carbocycles. The summed E-state index contributed by atoms with van der Waals surface area (Å²) in [7, 11) is 0. The molecule has 1 saturated heterocycles. The lowest BCUT2D eigenvalue weighted by atomic mass is 9.90. The zero-order valence-corrected chi connectivity index (χ0v) is 16.9. The number of nitrogens with one attached hydrogen (secondary N) is 1. The van der Waals surface area contributed by atoms with Crippen LogP contribution in [0, 0.1) is 5.92 Å². The molecule has 0 aliphatic carbocycles. The van der Waals surface area contributed by atoms with Crippen LogP contribution in [0.5, 0.6) is 11.5 Å². The van der Waals surface area contributed by atoms with Crippen LogP contribution in [0.2, 0.25) is 0 Å². The van der Waals surface area contributed by atoms with E-state index in [1.807, 2.05) is 18.7 Å². The molecule has 1 aromatic rings. The average Bonchev–Trinajstić information content (AvgIpc) is 2.61. The van der Waals surface area contributed by atoms with Crippen molar-refractivity contribution in [2.24, 2.45) is 5.92 Å². The molecule has 1 N–H and O–H groups in total. The lowest BCUT2D eigenvalue weighted by molar-refractivity contribution is -0.137. The van der Waals surface area contributed by atoms with Gasteiger partial charge in [-0.1, -0.05) is 0 Å². The van der Waals surface area contributed by atoms with Crippen LogP contribution in [0.15, 0.2) is 12.1 Å². The van der Waals surface area contributed by atoms with Crippen LogP contribution in [-0.4, -0.2) is 43.2 Å². The molecule has 0 spiro atoms. The predicted molar refractivity (Wildman–Crippen MR) is 105 cm³/mol. The Morgan fingerprint density at radius 2 is 1.85 bits per heavy atom. The second kappa shape index (κ2) is 9.47. The minimum Gasteiger partial charge on any atom is -0.490 e. The number of benzene rings is 1. The minimum atomic E-state index is 0. The quantitative estimate of drug-likeness (QED) is 0.849. The summed E-state index contributed by atoms with van der Waals surface area (Å²) in [5.41, 5.74) is 2.46. The Morgan fingerprint density at radius 1 is 1.19 bits per heavy atom. The number of ether oxygens (including phenoxy) is 2. The fourth-order valence-corrected chi connectivity index (χ4v) is 3.90. The van der Waals surface area contributed by atoms with E-state index >= 15 is 0 Å². The molecule has 5 nitrogen and oxygen atoms in total. The van der Waals surface area contributed by atoms with Gasteiger partial charge in [-0.2, -0.15) is 0 Å². The molecule has 0 radical (unpaired) electrons. The van der Waals surface area contributed by atoms with Crippen molar-refractivity contribution >= 4 is 18.3 Å². The standard InChI is InChI=1S/C20H30N2O3.ClH/c1-4-24-18-11-15-7-9-22(13-17(15)12-19(18)25-5-2)20(23)16-6-8-21-14(3)10-16;/h11-12,14,16,21H,4-10,13H2,1-3H3;1H/t14-,16-;/m0./s1. The highest BCUT2D eigenvalue weighted by Crippen LogP contribution is 2.34. The molecule has 0 aromatic heterocycles. The van der Waals surface area contributed by atoms with Gasteiger partial charge in [0, 0.05) is 25.0 Å². The highest BCUT2D eigenvalue weighted by molar-refractivity contribution is 5.85. The number of rotatable bonds is 5. The number of halogens is 1. The summed E-state index contributed by atoms with van der Waals surface area (Å²) in [6.07, 6.45) is 2.77. The number of amides is 1. The Hall–Kier alpha value is -1.46. The van der Waals surface area contributed by atoms with Crippen LogP contribution >= 0.6 is 12.4 Å². The normalized spacial score (nSPS) is 22.2. The van der Waals surface area contributed by atoms with Gasteiger partial charge in [0.15, 0.2) is 11.5 Å². The molecule has 0 unspecified atom stereocenters. The van der Waals surface area contributed by atoms with E-state index < -0.39 is 0 Å². The molecule has 1 amide bonds. The van der Waals surface area contributed by atoms with E-state index in [1.54, 1.807) is 0 Å². The van der Waals surface area contributed by atoms with Crippen molar-refractivity contribution in [1.29, 1.82) is 0 Å². The number of carbonyl (C=O) groups excluding carboxylic acids is 1. The molecular formula is C20H31ClN2O3. The summed E-state index contributed by atoms with van der Waals surface area (Å²) < 4.78 is 11.5. The first-order valence-corrected chi connectivity index (χ1v) is 9.55. The van der Waals surface area contributed by atoms with E-state index in [-0.39, 0.29) is 18.3 Å². The molecule has 0 saturated carbocycles. The van der Waals surface area contributed by atoms with Crippen molar-refractivity contribution in [3.8, 4) is 11.5 Å². The van der Waals surface area contributed by atoms with Gasteiger partial charge < -0.3 is 19.7 Å². The van der Waals surface area contributed by atoms with Crippen molar-refractivity contribution in [2.75, 3.05) is 26.3 Å². The maximum Gasteiger partial charge on any atom is 0.226 e. The van der Waals surface area contributed by atoms with Gasteiger partial charge in [0.2, 0.25) is 5.91 Å². The van der Waals surface area contributed by atoms with Crippen LogP contribution in [0.4, 0.5) is 0 Å². The fourth-order valence-electron chi connectivity index (χ4n) is 3.90. The van der Waals surface area contributed by atoms with Gasteiger partial charge in [-0.25, -0.2) is 0 Å². The van der Waals surface area contributed by atoms with E-state index in [1.165, 1.54) is 11.1 Å². The molecule has 146 valence electrons. The third-order valence-corrected chi connectivity index (χ3v) is 5.16. The zero-order chi connectivity index (χ0) is 17.8. The molecule has 1 fully saturated rings. The van der Waals surface area contributed by atoms with E-state index in [4.69, 9.17) is 9.47 Å². The van der Waals surface area contributed by atoms with E-state index in [0.717, 1.165) is 43.9 Å². The topological polar surface area (TPSA) is 50.8 Å². The van der Waals surface area contributed by atoms with Gasteiger partial charge in [0.1, 0.15) is 0 Å². The Bertz CT molecular complexity index is 623. The largest absolute Gasteiger partial charge is 0.490 e. The molecule has 2 heterocycles. The maximum atomic E-state index is 12.9.